The molecule has 0 aliphatic heterocycles. The number of carbonyl (C=O) groups excluding carboxylic acids is 1. The van der Waals surface area contributed by atoms with Crippen LogP contribution in [0.15, 0.2) is 35.0 Å². The predicted octanol–water partition coefficient (Wildman–Crippen LogP) is 2.73. The number of phenolic OH excluding ortho intramolecular Hbond substituents is 1. The number of hydrogen-bond donors (Lipinski definition) is 3. The largest absolute Gasteiger partial charge is 0.508 e. The van der Waals surface area contributed by atoms with Gasteiger partial charge in [0.05, 0.1) is 11.9 Å². The maximum absolute atomic E-state index is 12.3. The number of hydrogen-bond acceptors (Lipinski definition) is 6. The third-order valence-corrected chi connectivity index (χ3v) is 3.56. The highest BCUT2D eigenvalue weighted by Gasteiger charge is 2.16. The minimum Gasteiger partial charge on any atom is -0.508 e. The Bertz CT molecular complexity index is 897. The number of amides is 1. The minimum absolute atomic E-state index is 0.0515. The number of aryl methyl sites for hydroxylation is 2. The SMILES string of the molecule is Cc1ccc(O)c(C)c1NC(=O)c1cnc(Nc2ccn(C)n2)o1. The van der Waals surface area contributed by atoms with E-state index >= 15 is 0 Å². The standard InChI is InChI=1S/C16H17N5O3/c1-9-4-5-11(22)10(2)14(9)19-15(23)12-8-17-16(24-12)18-13-6-7-21(3)20-13/h4-8,22H,1-3H3,(H,19,23)(H,17,18,20). The average Bonchev–Trinajstić information content (AvgIpc) is 3.17. The van der Waals surface area contributed by atoms with E-state index in [2.05, 4.69) is 20.7 Å². The van der Waals surface area contributed by atoms with E-state index in [1.807, 2.05) is 6.92 Å². The highest BCUT2D eigenvalue weighted by molar-refractivity contribution is 6.03. The molecule has 0 spiro atoms. The number of aromatic hydroxyl groups is 1. The van der Waals surface area contributed by atoms with Gasteiger partial charge in [-0.25, -0.2) is 4.98 Å². The minimum atomic E-state index is -0.451. The van der Waals surface area contributed by atoms with Crippen molar-refractivity contribution in [2.45, 2.75) is 13.8 Å². The van der Waals surface area contributed by atoms with Crippen LogP contribution in [0, 0.1) is 13.8 Å². The van der Waals surface area contributed by atoms with Gasteiger partial charge in [0.2, 0.25) is 5.76 Å². The van der Waals surface area contributed by atoms with Crippen LogP contribution in [0.1, 0.15) is 21.7 Å². The number of benzene rings is 1. The van der Waals surface area contributed by atoms with Crippen molar-refractivity contribution >= 4 is 23.4 Å². The number of carbonyl (C=O) groups is 1. The second-order valence-corrected chi connectivity index (χ2v) is 5.39. The molecule has 1 amide bonds. The average molecular weight is 327 g/mol. The first-order valence-corrected chi connectivity index (χ1v) is 7.27. The number of nitrogens with one attached hydrogen (secondary N) is 2. The third kappa shape index (κ3) is 3.07. The van der Waals surface area contributed by atoms with Crippen LogP contribution in [0.25, 0.3) is 0 Å². The van der Waals surface area contributed by atoms with E-state index in [0.717, 1.165) is 5.56 Å². The second kappa shape index (κ2) is 6.07. The van der Waals surface area contributed by atoms with Gasteiger partial charge in [0, 0.05) is 24.9 Å². The van der Waals surface area contributed by atoms with Gasteiger partial charge >= 0.3 is 6.01 Å². The van der Waals surface area contributed by atoms with E-state index in [4.69, 9.17) is 4.42 Å². The smallest absolute Gasteiger partial charge is 0.301 e. The summed E-state index contributed by atoms with van der Waals surface area (Å²) < 4.78 is 7.03. The van der Waals surface area contributed by atoms with E-state index in [1.165, 1.54) is 6.20 Å². The van der Waals surface area contributed by atoms with Crippen molar-refractivity contribution in [3.8, 4) is 5.75 Å². The lowest BCUT2D eigenvalue weighted by atomic mass is 10.1. The van der Waals surface area contributed by atoms with Gasteiger partial charge in [0.15, 0.2) is 5.82 Å². The molecule has 0 atom stereocenters. The maximum Gasteiger partial charge on any atom is 0.301 e. The van der Waals surface area contributed by atoms with Crippen molar-refractivity contribution in [2.75, 3.05) is 10.6 Å². The summed E-state index contributed by atoms with van der Waals surface area (Å²) in [5.74, 6) is 0.279. The van der Waals surface area contributed by atoms with Crippen LogP contribution in [0.2, 0.25) is 0 Å². The van der Waals surface area contributed by atoms with Gasteiger partial charge in [-0.1, -0.05) is 6.07 Å². The van der Waals surface area contributed by atoms with E-state index in [-0.39, 0.29) is 17.5 Å². The molecular weight excluding hydrogens is 310 g/mol. The van der Waals surface area contributed by atoms with Gasteiger partial charge in [0.25, 0.3) is 5.91 Å². The Kier molecular flexibility index (Phi) is 3.95. The van der Waals surface area contributed by atoms with Crippen LogP contribution >= 0.6 is 0 Å². The Labute approximate surface area is 138 Å². The van der Waals surface area contributed by atoms with E-state index < -0.39 is 5.91 Å². The van der Waals surface area contributed by atoms with Gasteiger partial charge in [-0.05, 0) is 25.5 Å². The number of rotatable bonds is 4. The summed E-state index contributed by atoms with van der Waals surface area (Å²) in [6.07, 6.45) is 3.10. The molecule has 0 saturated carbocycles. The Morgan fingerprint density at radius 2 is 2.08 bits per heavy atom. The zero-order valence-corrected chi connectivity index (χ0v) is 13.5. The van der Waals surface area contributed by atoms with Crippen molar-refractivity contribution in [2.24, 2.45) is 7.05 Å². The molecule has 8 nitrogen and oxygen atoms in total. The second-order valence-electron chi connectivity index (χ2n) is 5.39. The molecule has 3 N–H and O–H groups in total. The van der Waals surface area contributed by atoms with Crippen molar-refractivity contribution in [1.82, 2.24) is 14.8 Å². The molecule has 0 saturated heterocycles. The third-order valence-electron chi connectivity index (χ3n) is 3.56. The van der Waals surface area contributed by atoms with Gasteiger partial charge < -0.3 is 14.8 Å². The Hall–Kier alpha value is -3.29. The zero-order valence-electron chi connectivity index (χ0n) is 13.5. The monoisotopic (exact) mass is 327 g/mol. The van der Waals surface area contributed by atoms with Crippen LogP contribution in [-0.4, -0.2) is 25.8 Å². The van der Waals surface area contributed by atoms with Gasteiger partial charge in [-0.15, -0.1) is 0 Å². The molecule has 0 radical (unpaired) electrons. The fourth-order valence-electron chi connectivity index (χ4n) is 2.23. The summed E-state index contributed by atoms with van der Waals surface area (Å²) in [5, 5.41) is 19.5. The van der Waals surface area contributed by atoms with Crippen LogP contribution in [0.3, 0.4) is 0 Å². The molecular formula is C16H17N5O3. The molecule has 124 valence electrons. The molecule has 0 aliphatic carbocycles. The maximum atomic E-state index is 12.3. The molecule has 0 bridgehead atoms. The lowest BCUT2D eigenvalue weighted by molar-refractivity contribution is 0.0997. The molecule has 0 unspecified atom stereocenters. The highest BCUT2D eigenvalue weighted by Crippen LogP contribution is 2.28. The lowest BCUT2D eigenvalue weighted by Gasteiger charge is -2.11. The van der Waals surface area contributed by atoms with Crippen molar-refractivity contribution in [3.05, 3.63) is 47.5 Å². The Morgan fingerprint density at radius 3 is 2.79 bits per heavy atom. The molecule has 2 heterocycles. The van der Waals surface area contributed by atoms with Crippen LogP contribution in [0.5, 0.6) is 5.75 Å². The lowest BCUT2D eigenvalue weighted by Crippen LogP contribution is -2.13. The van der Waals surface area contributed by atoms with Crippen LogP contribution in [0.4, 0.5) is 17.5 Å². The van der Waals surface area contributed by atoms with Crippen molar-refractivity contribution < 1.29 is 14.3 Å². The first kappa shape index (κ1) is 15.6. The number of oxazole rings is 1. The van der Waals surface area contributed by atoms with Gasteiger partial charge in [-0.2, -0.15) is 5.10 Å². The van der Waals surface area contributed by atoms with Crippen molar-refractivity contribution in [1.29, 1.82) is 0 Å². The van der Waals surface area contributed by atoms with Gasteiger partial charge in [0.1, 0.15) is 5.75 Å². The summed E-state index contributed by atoms with van der Waals surface area (Å²) in [6.45, 7) is 3.57. The molecule has 24 heavy (non-hydrogen) atoms. The molecule has 3 aromatic rings. The fraction of sp³-hybridized carbons (Fsp3) is 0.188. The number of anilines is 3. The van der Waals surface area contributed by atoms with Crippen LogP contribution in [-0.2, 0) is 7.05 Å². The zero-order chi connectivity index (χ0) is 17.3. The van der Waals surface area contributed by atoms with E-state index in [1.54, 1.807) is 43.0 Å². The first-order valence-electron chi connectivity index (χ1n) is 7.27. The molecule has 0 aliphatic rings. The number of aromatic nitrogens is 3. The molecule has 2 aromatic heterocycles. The summed E-state index contributed by atoms with van der Waals surface area (Å²) in [6, 6.07) is 5.24. The fourth-order valence-corrected chi connectivity index (χ4v) is 2.23. The number of nitrogens with zero attached hydrogens (tertiary/aromatic N) is 3. The molecule has 1 aromatic carbocycles. The molecule has 0 fully saturated rings. The Morgan fingerprint density at radius 1 is 1.29 bits per heavy atom. The summed E-state index contributed by atoms with van der Waals surface area (Å²) in [5.41, 5.74) is 1.98. The van der Waals surface area contributed by atoms with Gasteiger partial charge in [-0.3, -0.25) is 14.8 Å². The summed E-state index contributed by atoms with van der Waals surface area (Å²) in [4.78, 5) is 16.3. The summed E-state index contributed by atoms with van der Waals surface area (Å²) in [7, 11) is 1.79. The summed E-state index contributed by atoms with van der Waals surface area (Å²) >= 11 is 0. The van der Waals surface area contributed by atoms with E-state index in [0.29, 0.717) is 17.1 Å². The normalized spacial score (nSPS) is 10.6. The molecule has 3 rings (SSSR count). The first-order chi connectivity index (χ1) is 11.4. The predicted molar refractivity (Wildman–Crippen MR) is 88.5 cm³/mol. The van der Waals surface area contributed by atoms with E-state index in [9.17, 15) is 9.90 Å². The quantitative estimate of drug-likeness (QED) is 0.680. The van der Waals surface area contributed by atoms with Crippen molar-refractivity contribution in [3.63, 3.8) is 0 Å². The molecule has 8 heteroatoms. The topological polar surface area (TPSA) is 105 Å². The number of phenols is 1. The highest BCUT2D eigenvalue weighted by atomic mass is 16.4. The Balaban J connectivity index is 1.76. The van der Waals surface area contributed by atoms with Crippen LogP contribution < -0.4 is 10.6 Å².